The van der Waals surface area contributed by atoms with Crippen LogP contribution in [-0.4, -0.2) is 32.6 Å². The summed E-state index contributed by atoms with van der Waals surface area (Å²) in [6, 6.07) is 15.9. The van der Waals surface area contributed by atoms with Gasteiger partial charge in [0.05, 0.1) is 22.4 Å². The summed E-state index contributed by atoms with van der Waals surface area (Å²) < 4.78 is 5.78. The van der Waals surface area contributed by atoms with Gasteiger partial charge in [-0.2, -0.15) is 5.10 Å². The second-order valence-electron chi connectivity index (χ2n) is 6.97. The molecule has 0 radical (unpaired) electrons. The SMILES string of the molecule is Cc1ccccc1-c1nnc(SCC(=O)N2N=C(c3cccs3)CC2c2cccs2)o1. The highest BCUT2D eigenvalue weighted by Gasteiger charge is 2.34. The van der Waals surface area contributed by atoms with Crippen LogP contribution in [0.4, 0.5) is 0 Å². The van der Waals surface area contributed by atoms with E-state index in [0.717, 1.165) is 33.0 Å². The molecular weight excluding hydrogens is 448 g/mol. The van der Waals surface area contributed by atoms with Crippen LogP contribution in [0.5, 0.6) is 0 Å². The summed E-state index contributed by atoms with van der Waals surface area (Å²) in [5.74, 6) is 0.563. The maximum Gasteiger partial charge on any atom is 0.277 e. The molecule has 3 aromatic heterocycles. The van der Waals surface area contributed by atoms with Crippen molar-refractivity contribution in [1.29, 1.82) is 0 Å². The van der Waals surface area contributed by atoms with Gasteiger partial charge in [-0.15, -0.1) is 32.9 Å². The monoisotopic (exact) mass is 466 g/mol. The summed E-state index contributed by atoms with van der Waals surface area (Å²) >= 11 is 4.53. The summed E-state index contributed by atoms with van der Waals surface area (Å²) in [5, 5.41) is 19.0. The number of amides is 1. The van der Waals surface area contributed by atoms with Crippen LogP contribution in [0.25, 0.3) is 11.5 Å². The summed E-state index contributed by atoms with van der Waals surface area (Å²) in [6.45, 7) is 2.00. The van der Waals surface area contributed by atoms with E-state index in [1.54, 1.807) is 27.7 Å². The van der Waals surface area contributed by atoms with E-state index in [9.17, 15) is 4.79 Å². The fourth-order valence-electron chi connectivity index (χ4n) is 3.41. The lowest BCUT2D eigenvalue weighted by molar-refractivity contribution is -0.130. The number of carbonyl (C=O) groups excluding carboxylic acids is 1. The van der Waals surface area contributed by atoms with E-state index < -0.39 is 0 Å². The van der Waals surface area contributed by atoms with E-state index >= 15 is 0 Å². The molecule has 0 aliphatic carbocycles. The molecule has 1 unspecified atom stereocenters. The van der Waals surface area contributed by atoms with Crippen molar-refractivity contribution in [3.8, 4) is 11.5 Å². The number of hydrogen-bond acceptors (Lipinski definition) is 8. The molecule has 5 rings (SSSR count). The maximum absolute atomic E-state index is 13.1. The Morgan fingerprint density at radius 1 is 1.13 bits per heavy atom. The minimum Gasteiger partial charge on any atom is -0.411 e. The molecule has 0 spiro atoms. The molecule has 0 fully saturated rings. The minimum absolute atomic E-state index is 0.0737. The standard InChI is InChI=1S/C22H18N4O2S3/c1-14-6-2-3-7-15(14)21-23-24-22(28-21)31-13-20(27)26-17(19-9-5-11-30-19)12-16(25-26)18-8-4-10-29-18/h2-11,17H,12-13H2,1H3. The fraction of sp³-hybridized carbons (Fsp3) is 0.182. The number of hydrazone groups is 1. The Balaban J connectivity index is 1.31. The van der Waals surface area contributed by atoms with Crippen molar-refractivity contribution < 1.29 is 9.21 Å². The third-order valence-electron chi connectivity index (χ3n) is 4.94. The van der Waals surface area contributed by atoms with Gasteiger partial charge in [-0.1, -0.05) is 42.1 Å². The predicted molar refractivity (Wildman–Crippen MR) is 125 cm³/mol. The van der Waals surface area contributed by atoms with E-state index in [1.165, 1.54) is 11.8 Å². The Morgan fingerprint density at radius 3 is 2.74 bits per heavy atom. The van der Waals surface area contributed by atoms with Crippen LogP contribution in [0.2, 0.25) is 0 Å². The molecule has 1 atom stereocenters. The molecule has 0 saturated heterocycles. The van der Waals surface area contributed by atoms with Gasteiger partial charge in [-0.05, 0) is 41.4 Å². The topological polar surface area (TPSA) is 71.6 Å². The summed E-state index contributed by atoms with van der Waals surface area (Å²) in [4.78, 5) is 15.3. The Bertz CT molecular complexity index is 1220. The van der Waals surface area contributed by atoms with Crippen LogP contribution < -0.4 is 0 Å². The van der Waals surface area contributed by atoms with E-state index in [0.29, 0.717) is 11.1 Å². The molecule has 0 saturated carbocycles. The maximum atomic E-state index is 13.1. The van der Waals surface area contributed by atoms with Crippen molar-refractivity contribution >= 4 is 46.1 Å². The zero-order valence-corrected chi connectivity index (χ0v) is 19.0. The van der Waals surface area contributed by atoms with Crippen molar-refractivity contribution in [3.63, 3.8) is 0 Å². The summed E-state index contributed by atoms with van der Waals surface area (Å²) in [5.41, 5.74) is 2.91. The Labute approximate surface area is 191 Å². The summed E-state index contributed by atoms with van der Waals surface area (Å²) in [7, 11) is 0. The molecule has 0 N–H and O–H groups in total. The molecule has 31 heavy (non-hydrogen) atoms. The van der Waals surface area contributed by atoms with Crippen LogP contribution in [0.3, 0.4) is 0 Å². The predicted octanol–water partition coefficient (Wildman–Crippen LogP) is 5.64. The van der Waals surface area contributed by atoms with E-state index in [1.807, 2.05) is 60.1 Å². The number of benzene rings is 1. The molecular formula is C22H18N4O2S3. The third kappa shape index (κ3) is 4.21. The average molecular weight is 467 g/mol. The highest BCUT2D eigenvalue weighted by Crippen LogP contribution is 2.36. The zero-order chi connectivity index (χ0) is 21.2. The largest absolute Gasteiger partial charge is 0.411 e. The van der Waals surface area contributed by atoms with Crippen LogP contribution in [-0.2, 0) is 4.79 Å². The molecule has 4 heterocycles. The van der Waals surface area contributed by atoms with Crippen LogP contribution in [0, 0.1) is 6.92 Å². The van der Waals surface area contributed by atoms with Crippen molar-refractivity contribution in [2.24, 2.45) is 5.10 Å². The molecule has 1 aliphatic heterocycles. The van der Waals surface area contributed by atoms with Gasteiger partial charge in [0.2, 0.25) is 5.89 Å². The van der Waals surface area contributed by atoms with Gasteiger partial charge in [0.15, 0.2) is 0 Å². The van der Waals surface area contributed by atoms with Gasteiger partial charge in [0, 0.05) is 16.9 Å². The van der Waals surface area contributed by atoms with E-state index in [2.05, 4.69) is 21.4 Å². The molecule has 0 bridgehead atoms. The van der Waals surface area contributed by atoms with E-state index in [4.69, 9.17) is 4.42 Å². The lowest BCUT2D eigenvalue weighted by Crippen LogP contribution is -2.28. The van der Waals surface area contributed by atoms with Crippen molar-refractivity contribution in [2.45, 2.75) is 24.6 Å². The summed E-state index contributed by atoms with van der Waals surface area (Å²) in [6.07, 6.45) is 0.718. The second-order valence-corrected chi connectivity index (χ2v) is 9.83. The highest BCUT2D eigenvalue weighted by molar-refractivity contribution is 7.99. The fourth-order valence-corrected chi connectivity index (χ4v) is 5.56. The van der Waals surface area contributed by atoms with Gasteiger partial charge in [-0.3, -0.25) is 4.79 Å². The number of hydrogen-bond donors (Lipinski definition) is 0. The number of nitrogens with zero attached hydrogens (tertiary/aromatic N) is 4. The van der Waals surface area contributed by atoms with E-state index in [-0.39, 0.29) is 17.7 Å². The van der Waals surface area contributed by atoms with Crippen molar-refractivity contribution in [3.05, 3.63) is 74.6 Å². The lowest BCUT2D eigenvalue weighted by Gasteiger charge is -2.20. The number of rotatable bonds is 6. The first-order chi connectivity index (χ1) is 15.2. The lowest BCUT2D eigenvalue weighted by atomic mass is 10.1. The zero-order valence-electron chi connectivity index (χ0n) is 16.6. The Hall–Kier alpha value is -2.75. The van der Waals surface area contributed by atoms with Gasteiger partial charge in [-0.25, -0.2) is 5.01 Å². The normalized spacial score (nSPS) is 16.0. The molecule has 6 nitrogen and oxygen atoms in total. The molecule has 156 valence electrons. The van der Waals surface area contributed by atoms with Gasteiger partial charge >= 0.3 is 0 Å². The number of carbonyl (C=O) groups is 1. The van der Waals surface area contributed by atoms with Crippen LogP contribution in [0.15, 0.2) is 74.0 Å². The first-order valence-electron chi connectivity index (χ1n) is 9.68. The Kier molecular flexibility index (Phi) is 5.71. The molecule has 9 heteroatoms. The smallest absolute Gasteiger partial charge is 0.277 e. The van der Waals surface area contributed by atoms with Gasteiger partial charge < -0.3 is 4.42 Å². The second kappa shape index (κ2) is 8.78. The molecule has 1 aromatic carbocycles. The quantitative estimate of drug-likeness (QED) is 0.344. The van der Waals surface area contributed by atoms with Crippen LogP contribution in [0.1, 0.15) is 27.8 Å². The number of thioether (sulfide) groups is 1. The number of aromatic nitrogens is 2. The van der Waals surface area contributed by atoms with Crippen LogP contribution >= 0.6 is 34.4 Å². The van der Waals surface area contributed by atoms with Gasteiger partial charge in [0.25, 0.3) is 11.1 Å². The molecule has 1 aliphatic rings. The molecule has 4 aromatic rings. The molecule has 1 amide bonds. The first-order valence-corrected chi connectivity index (χ1v) is 12.4. The highest BCUT2D eigenvalue weighted by atomic mass is 32.2. The number of thiophene rings is 2. The average Bonchev–Trinajstić information content (AvgIpc) is 3.57. The third-order valence-corrected chi connectivity index (χ3v) is 7.64. The number of aryl methyl sites for hydroxylation is 1. The Morgan fingerprint density at radius 2 is 1.97 bits per heavy atom. The van der Waals surface area contributed by atoms with Gasteiger partial charge in [0.1, 0.15) is 0 Å². The first kappa shape index (κ1) is 20.2. The van der Waals surface area contributed by atoms with Crippen molar-refractivity contribution in [1.82, 2.24) is 15.2 Å². The minimum atomic E-state index is -0.0782. The van der Waals surface area contributed by atoms with Crippen molar-refractivity contribution in [2.75, 3.05) is 5.75 Å².